The van der Waals surface area contributed by atoms with Crippen LogP contribution < -0.4 is 10.6 Å². The van der Waals surface area contributed by atoms with Crippen molar-refractivity contribution in [1.29, 1.82) is 0 Å². The first-order chi connectivity index (χ1) is 14.3. The van der Waals surface area contributed by atoms with Crippen LogP contribution in [0.15, 0.2) is 36.5 Å². The molecule has 0 saturated carbocycles. The molecule has 1 aromatic heterocycles. The average Bonchev–Trinajstić information content (AvgIpc) is 3.12. The van der Waals surface area contributed by atoms with Gasteiger partial charge < -0.3 is 10.6 Å². The van der Waals surface area contributed by atoms with Crippen LogP contribution in [0.3, 0.4) is 0 Å². The number of aromatic nitrogens is 2. The van der Waals surface area contributed by atoms with Crippen molar-refractivity contribution in [3.63, 3.8) is 0 Å². The third-order valence-electron chi connectivity index (χ3n) is 6.14. The van der Waals surface area contributed by atoms with Crippen LogP contribution in [0, 0.1) is 0 Å². The highest BCUT2D eigenvalue weighted by atomic mass is 16.1. The number of carbonyl (C=O) groups excluding carboxylic acids is 1. The van der Waals surface area contributed by atoms with Crippen LogP contribution in [0.4, 0.5) is 0 Å². The van der Waals surface area contributed by atoms with Gasteiger partial charge in [-0.05, 0) is 62.5 Å². The van der Waals surface area contributed by atoms with Crippen LogP contribution in [0.5, 0.6) is 0 Å². The highest BCUT2D eigenvalue weighted by molar-refractivity contribution is 5.92. The molecule has 0 radical (unpaired) electrons. The Hall–Kier alpha value is -2.18. The summed E-state index contributed by atoms with van der Waals surface area (Å²) in [6.07, 6.45) is 9.46. The van der Waals surface area contributed by atoms with E-state index in [9.17, 15) is 4.79 Å². The minimum absolute atomic E-state index is 0.0999. The van der Waals surface area contributed by atoms with Crippen molar-refractivity contribution in [2.75, 3.05) is 26.2 Å². The summed E-state index contributed by atoms with van der Waals surface area (Å²) in [5.74, 6) is -0.0999. The third kappa shape index (κ3) is 5.46. The van der Waals surface area contributed by atoms with Crippen molar-refractivity contribution in [1.82, 2.24) is 25.3 Å². The second kappa shape index (κ2) is 10.0. The molecule has 1 amide bonds. The molecule has 156 valence electrons. The van der Waals surface area contributed by atoms with Gasteiger partial charge in [0.1, 0.15) is 5.69 Å². The molecule has 2 saturated heterocycles. The Morgan fingerprint density at radius 1 is 1.07 bits per heavy atom. The normalized spacial score (nSPS) is 20.9. The van der Waals surface area contributed by atoms with Crippen LogP contribution in [-0.2, 0) is 13.1 Å². The van der Waals surface area contributed by atoms with E-state index in [1.165, 1.54) is 49.9 Å². The van der Waals surface area contributed by atoms with E-state index in [1.54, 1.807) is 0 Å². The number of nitrogens with one attached hydrogen (secondary N) is 2. The molecule has 4 rings (SSSR count). The Kier molecular flexibility index (Phi) is 6.96. The van der Waals surface area contributed by atoms with Gasteiger partial charge in [0, 0.05) is 25.8 Å². The Morgan fingerprint density at radius 3 is 2.62 bits per heavy atom. The van der Waals surface area contributed by atoms with Crippen molar-refractivity contribution in [2.24, 2.45) is 0 Å². The standard InChI is InChI=1S/C23H33N5O/c29-23(22-11-15-28(26-22)21-10-7-12-24-17-21)25-16-19-8-3-4-9-20(19)18-27-13-5-1-2-6-14-27/h3-4,8-9,11,15,21,24H,1-2,5-7,10,12-14,16-18H2,(H,25,29). The number of benzene rings is 1. The van der Waals surface area contributed by atoms with Gasteiger partial charge in [-0.1, -0.05) is 37.1 Å². The zero-order valence-electron chi connectivity index (χ0n) is 17.3. The fraction of sp³-hybridized carbons (Fsp3) is 0.565. The van der Waals surface area contributed by atoms with Crippen LogP contribution in [-0.4, -0.2) is 46.8 Å². The van der Waals surface area contributed by atoms with Gasteiger partial charge in [-0.2, -0.15) is 5.10 Å². The van der Waals surface area contributed by atoms with Crippen molar-refractivity contribution in [3.05, 3.63) is 53.3 Å². The quantitative estimate of drug-likeness (QED) is 0.789. The number of amides is 1. The zero-order chi connectivity index (χ0) is 19.9. The molecule has 0 bridgehead atoms. The van der Waals surface area contributed by atoms with Crippen molar-refractivity contribution >= 4 is 5.91 Å². The minimum atomic E-state index is -0.0999. The van der Waals surface area contributed by atoms with Gasteiger partial charge in [0.15, 0.2) is 0 Å². The number of hydrogen-bond donors (Lipinski definition) is 2. The predicted molar refractivity (Wildman–Crippen MR) is 115 cm³/mol. The average molecular weight is 396 g/mol. The maximum absolute atomic E-state index is 12.6. The van der Waals surface area contributed by atoms with E-state index < -0.39 is 0 Å². The number of likely N-dealkylation sites (tertiary alicyclic amines) is 1. The fourth-order valence-corrected chi connectivity index (χ4v) is 4.41. The molecule has 2 aliphatic rings. The molecular weight excluding hydrogens is 362 g/mol. The molecule has 6 heteroatoms. The summed E-state index contributed by atoms with van der Waals surface area (Å²) in [7, 11) is 0. The predicted octanol–water partition coefficient (Wildman–Crippen LogP) is 3.11. The third-order valence-corrected chi connectivity index (χ3v) is 6.14. The Labute approximate surface area is 173 Å². The van der Waals surface area contributed by atoms with Crippen LogP contribution >= 0.6 is 0 Å². The maximum atomic E-state index is 12.6. The van der Waals surface area contributed by atoms with E-state index >= 15 is 0 Å². The molecule has 2 aromatic rings. The zero-order valence-corrected chi connectivity index (χ0v) is 17.3. The van der Waals surface area contributed by atoms with Gasteiger partial charge in [-0.3, -0.25) is 14.4 Å². The maximum Gasteiger partial charge on any atom is 0.272 e. The molecule has 2 N–H and O–H groups in total. The van der Waals surface area contributed by atoms with E-state index in [4.69, 9.17) is 0 Å². The second-order valence-corrected chi connectivity index (χ2v) is 8.32. The van der Waals surface area contributed by atoms with Crippen molar-refractivity contribution in [3.8, 4) is 0 Å². The van der Waals surface area contributed by atoms with Gasteiger partial charge in [-0.15, -0.1) is 0 Å². The molecule has 0 spiro atoms. The first-order valence-electron chi connectivity index (χ1n) is 11.1. The molecule has 1 aromatic carbocycles. The summed E-state index contributed by atoms with van der Waals surface area (Å²) in [4.78, 5) is 15.2. The van der Waals surface area contributed by atoms with Gasteiger partial charge in [0.2, 0.25) is 0 Å². The lowest BCUT2D eigenvalue weighted by molar-refractivity contribution is 0.0944. The van der Waals surface area contributed by atoms with Crippen LogP contribution in [0.25, 0.3) is 0 Å². The molecule has 1 unspecified atom stereocenters. The molecule has 6 nitrogen and oxygen atoms in total. The van der Waals surface area contributed by atoms with Crippen LogP contribution in [0.1, 0.15) is 66.2 Å². The van der Waals surface area contributed by atoms with E-state index in [0.717, 1.165) is 32.5 Å². The first-order valence-corrected chi connectivity index (χ1v) is 11.1. The lowest BCUT2D eigenvalue weighted by Crippen LogP contribution is -2.32. The van der Waals surface area contributed by atoms with E-state index in [1.807, 2.05) is 16.9 Å². The fourth-order valence-electron chi connectivity index (χ4n) is 4.41. The molecule has 0 aliphatic carbocycles. The number of nitrogens with zero attached hydrogens (tertiary/aromatic N) is 3. The number of rotatable bonds is 6. The van der Waals surface area contributed by atoms with Crippen LogP contribution in [0.2, 0.25) is 0 Å². The number of piperidine rings is 1. The summed E-state index contributed by atoms with van der Waals surface area (Å²) < 4.78 is 1.94. The molecule has 2 aliphatic heterocycles. The molecule has 1 atom stereocenters. The molecule has 3 heterocycles. The van der Waals surface area contributed by atoms with E-state index in [2.05, 4.69) is 44.9 Å². The number of carbonyl (C=O) groups is 1. The molecule has 2 fully saturated rings. The number of hydrogen-bond acceptors (Lipinski definition) is 4. The topological polar surface area (TPSA) is 62.2 Å². The summed E-state index contributed by atoms with van der Waals surface area (Å²) in [5.41, 5.74) is 3.01. The highest BCUT2D eigenvalue weighted by Crippen LogP contribution is 2.17. The van der Waals surface area contributed by atoms with Gasteiger partial charge in [-0.25, -0.2) is 0 Å². The molecule has 29 heavy (non-hydrogen) atoms. The minimum Gasteiger partial charge on any atom is -0.347 e. The first kappa shape index (κ1) is 20.1. The Morgan fingerprint density at radius 2 is 1.86 bits per heavy atom. The summed E-state index contributed by atoms with van der Waals surface area (Å²) in [6, 6.07) is 10.6. The monoisotopic (exact) mass is 395 g/mol. The SMILES string of the molecule is O=C(NCc1ccccc1CN1CCCCCC1)c1ccn(C2CCCNC2)n1. The molecular formula is C23H33N5O. The Balaban J connectivity index is 1.35. The smallest absolute Gasteiger partial charge is 0.272 e. The van der Waals surface area contributed by atoms with Gasteiger partial charge >= 0.3 is 0 Å². The largest absolute Gasteiger partial charge is 0.347 e. The second-order valence-electron chi connectivity index (χ2n) is 8.32. The summed E-state index contributed by atoms with van der Waals surface area (Å²) in [5, 5.41) is 11.0. The summed E-state index contributed by atoms with van der Waals surface area (Å²) >= 11 is 0. The summed E-state index contributed by atoms with van der Waals surface area (Å²) in [6.45, 7) is 5.85. The highest BCUT2D eigenvalue weighted by Gasteiger charge is 2.18. The van der Waals surface area contributed by atoms with Gasteiger partial charge in [0.25, 0.3) is 5.91 Å². The lowest BCUT2D eigenvalue weighted by Gasteiger charge is -2.22. The lowest BCUT2D eigenvalue weighted by atomic mass is 10.1. The van der Waals surface area contributed by atoms with E-state index in [0.29, 0.717) is 18.3 Å². The van der Waals surface area contributed by atoms with E-state index in [-0.39, 0.29) is 5.91 Å². The van der Waals surface area contributed by atoms with Crippen molar-refractivity contribution < 1.29 is 4.79 Å². The Bertz CT molecular complexity index is 788. The van der Waals surface area contributed by atoms with Gasteiger partial charge in [0.05, 0.1) is 6.04 Å². The van der Waals surface area contributed by atoms with Crippen molar-refractivity contribution in [2.45, 2.75) is 57.7 Å².